The Morgan fingerprint density at radius 1 is 1.07 bits per heavy atom. The quantitative estimate of drug-likeness (QED) is 0.631. The van der Waals surface area contributed by atoms with Gasteiger partial charge in [-0.05, 0) is 6.42 Å². The molecule has 0 fully saturated rings. The number of allylic oxidation sites excluding steroid dienone is 2. The molecule has 2 aliphatic carbocycles. The largest absolute Gasteiger partial charge is 0.466 e. The molecule has 0 radical (unpaired) electrons. The van der Waals surface area contributed by atoms with Gasteiger partial charge in [-0.1, -0.05) is 12.2 Å². The molecular weight excluding hydrogens is 196 g/mol. The molecule has 0 aromatic heterocycles. The van der Waals surface area contributed by atoms with Gasteiger partial charge in [-0.2, -0.15) is 0 Å². The van der Waals surface area contributed by atoms with E-state index in [1.165, 1.54) is 14.2 Å². The van der Waals surface area contributed by atoms with Gasteiger partial charge in [0.1, 0.15) is 0 Å². The molecular formula is C11H12O4. The minimum atomic E-state index is -0.303. The fourth-order valence-electron chi connectivity index (χ4n) is 2.20. The third kappa shape index (κ3) is 1.46. The van der Waals surface area contributed by atoms with E-state index in [1.54, 1.807) is 0 Å². The number of methoxy groups -OCH3 is 2. The van der Waals surface area contributed by atoms with Gasteiger partial charge >= 0.3 is 11.9 Å². The first-order valence-corrected chi connectivity index (χ1v) is 4.77. The third-order valence-corrected chi connectivity index (χ3v) is 2.91. The summed E-state index contributed by atoms with van der Waals surface area (Å²) in [6.45, 7) is 0. The Morgan fingerprint density at radius 2 is 1.47 bits per heavy atom. The maximum Gasteiger partial charge on any atom is 0.334 e. The summed E-state index contributed by atoms with van der Waals surface area (Å²) in [5, 5.41) is 0. The predicted molar refractivity (Wildman–Crippen MR) is 51.8 cm³/mol. The highest BCUT2D eigenvalue weighted by atomic mass is 16.5. The van der Waals surface area contributed by atoms with Gasteiger partial charge in [0, 0.05) is 23.0 Å². The van der Waals surface area contributed by atoms with Crippen LogP contribution in [-0.4, -0.2) is 26.2 Å². The van der Waals surface area contributed by atoms with Crippen LogP contribution in [-0.2, 0) is 19.1 Å². The number of carbonyl (C=O) groups is 2. The molecule has 0 spiro atoms. The molecule has 80 valence electrons. The lowest BCUT2D eigenvalue weighted by Crippen LogP contribution is -2.13. The van der Waals surface area contributed by atoms with Crippen LogP contribution in [0.3, 0.4) is 0 Å². The van der Waals surface area contributed by atoms with E-state index >= 15 is 0 Å². The molecule has 0 aliphatic heterocycles. The molecule has 0 heterocycles. The maximum absolute atomic E-state index is 11.3. The molecule has 0 aromatic rings. The number of hydrogen-bond acceptors (Lipinski definition) is 4. The van der Waals surface area contributed by atoms with Crippen molar-refractivity contribution in [2.75, 3.05) is 14.2 Å². The molecule has 0 aromatic carbocycles. The maximum atomic E-state index is 11.3. The molecule has 0 amide bonds. The van der Waals surface area contributed by atoms with Crippen molar-refractivity contribution in [1.82, 2.24) is 0 Å². The third-order valence-electron chi connectivity index (χ3n) is 2.91. The summed E-state index contributed by atoms with van der Waals surface area (Å²) in [4.78, 5) is 22.6. The van der Waals surface area contributed by atoms with Gasteiger partial charge in [0.25, 0.3) is 0 Å². The lowest BCUT2D eigenvalue weighted by atomic mass is 9.99. The van der Waals surface area contributed by atoms with Crippen molar-refractivity contribution in [1.29, 1.82) is 0 Å². The zero-order valence-corrected chi connectivity index (χ0v) is 8.65. The lowest BCUT2D eigenvalue weighted by Gasteiger charge is -2.10. The van der Waals surface area contributed by atoms with Crippen LogP contribution < -0.4 is 0 Å². The summed E-state index contributed by atoms with van der Waals surface area (Å²) >= 11 is 0. The van der Waals surface area contributed by atoms with Gasteiger partial charge in [0.15, 0.2) is 0 Å². The van der Waals surface area contributed by atoms with E-state index in [-0.39, 0.29) is 23.8 Å². The van der Waals surface area contributed by atoms with Crippen molar-refractivity contribution in [3.05, 3.63) is 23.3 Å². The normalized spacial score (nSPS) is 27.1. The van der Waals surface area contributed by atoms with Gasteiger partial charge in [0.05, 0.1) is 14.2 Å². The van der Waals surface area contributed by atoms with Crippen molar-refractivity contribution in [2.24, 2.45) is 11.8 Å². The summed E-state index contributed by atoms with van der Waals surface area (Å²) in [6.07, 6.45) is 4.40. The highest BCUT2D eigenvalue weighted by molar-refractivity contribution is 5.95. The fourth-order valence-corrected chi connectivity index (χ4v) is 2.20. The molecule has 2 unspecified atom stereocenters. The smallest absolute Gasteiger partial charge is 0.334 e. The van der Waals surface area contributed by atoms with Crippen molar-refractivity contribution < 1.29 is 19.1 Å². The Hall–Kier alpha value is -1.58. The Morgan fingerprint density at radius 3 is 1.73 bits per heavy atom. The number of esters is 2. The van der Waals surface area contributed by atoms with E-state index in [0.29, 0.717) is 11.1 Å². The van der Waals surface area contributed by atoms with E-state index < -0.39 is 0 Å². The molecule has 4 nitrogen and oxygen atoms in total. The van der Waals surface area contributed by atoms with E-state index in [9.17, 15) is 9.59 Å². The van der Waals surface area contributed by atoms with Crippen LogP contribution in [0.2, 0.25) is 0 Å². The van der Waals surface area contributed by atoms with Crippen molar-refractivity contribution in [3.8, 4) is 0 Å². The second-order valence-electron chi connectivity index (χ2n) is 3.68. The van der Waals surface area contributed by atoms with Crippen LogP contribution in [0.4, 0.5) is 0 Å². The summed E-state index contributed by atoms with van der Waals surface area (Å²) < 4.78 is 9.31. The number of carbonyl (C=O) groups excluding carboxylic acids is 2. The van der Waals surface area contributed by atoms with Gasteiger partial charge in [0.2, 0.25) is 0 Å². The molecule has 0 saturated heterocycles. The SMILES string of the molecule is COC(=O)C1=CC2CC1C=C2C(=O)OC. The first kappa shape index (κ1) is 9.96. The zero-order chi connectivity index (χ0) is 11.0. The van der Waals surface area contributed by atoms with Gasteiger partial charge < -0.3 is 9.47 Å². The van der Waals surface area contributed by atoms with E-state index in [2.05, 4.69) is 9.47 Å². The molecule has 2 aliphatic rings. The highest BCUT2D eigenvalue weighted by Crippen LogP contribution is 2.43. The standard InChI is InChI=1S/C11H12O4/c1-14-10(12)8-4-7-3-6(8)5-9(7)11(13)15-2/h4-7H,3H2,1-2H3. The molecule has 2 atom stereocenters. The molecule has 4 heteroatoms. The van der Waals surface area contributed by atoms with Crippen LogP contribution in [0, 0.1) is 11.8 Å². The molecule has 0 saturated carbocycles. The number of ether oxygens (including phenoxy) is 2. The first-order chi connectivity index (χ1) is 7.17. The van der Waals surface area contributed by atoms with E-state index in [0.717, 1.165) is 6.42 Å². The summed E-state index contributed by atoms with van der Waals surface area (Å²) in [6, 6.07) is 0. The van der Waals surface area contributed by atoms with Gasteiger partial charge in [-0.15, -0.1) is 0 Å². The van der Waals surface area contributed by atoms with Crippen molar-refractivity contribution in [2.45, 2.75) is 6.42 Å². The Balaban J connectivity index is 2.16. The minimum absolute atomic E-state index is 0.0246. The summed E-state index contributed by atoms with van der Waals surface area (Å²) in [7, 11) is 2.72. The Kier molecular flexibility index (Phi) is 2.34. The monoisotopic (exact) mass is 208 g/mol. The lowest BCUT2D eigenvalue weighted by molar-refractivity contribution is -0.137. The van der Waals surface area contributed by atoms with Crippen molar-refractivity contribution >= 4 is 11.9 Å². The van der Waals surface area contributed by atoms with Gasteiger partial charge in [-0.3, -0.25) is 0 Å². The van der Waals surface area contributed by atoms with E-state index in [4.69, 9.17) is 0 Å². The summed E-state index contributed by atoms with van der Waals surface area (Å²) in [5.74, 6) is -0.557. The zero-order valence-electron chi connectivity index (χ0n) is 8.65. The molecule has 15 heavy (non-hydrogen) atoms. The molecule has 2 bridgehead atoms. The average Bonchev–Trinajstić information content (AvgIpc) is 2.85. The average molecular weight is 208 g/mol. The van der Waals surface area contributed by atoms with Crippen LogP contribution in [0.15, 0.2) is 23.3 Å². The Labute approximate surface area is 87.5 Å². The Bertz CT molecular complexity index is 342. The van der Waals surface area contributed by atoms with Crippen LogP contribution in [0.5, 0.6) is 0 Å². The summed E-state index contributed by atoms with van der Waals surface area (Å²) in [5.41, 5.74) is 1.32. The fraction of sp³-hybridized carbons (Fsp3) is 0.455. The van der Waals surface area contributed by atoms with Crippen molar-refractivity contribution in [3.63, 3.8) is 0 Å². The van der Waals surface area contributed by atoms with E-state index in [1.807, 2.05) is 12.2 Å². The van der Waals surface area contributed by atoms with Crippen LogP contribution in [0.25, 0.3) is 0 Å². The molecule has 2 rings (SSSR count). The number of hydrogen-bond donors (Lipinski definition) is 0. The molecule has 0 N–H and O–H groups in total. The predicted octanol–water partition coefficient (Wildman–Crippen LogP) is 0.835. The van der Waals surface area contributed by atoms with Gasteiger partial charge in [-0.25, -0.2) is 9.59 Å². The second kappa shape index (κ2) is 3.53. The second-order valence-corrected chi connectivity index (χ2v) is 3.68. The highest BCUT2D eigenvalue weighted by Gasteiger charge is 2.39. The minimum Gasteiger partial charge on any atom is -0.466 e. The van der Waals surface area contributed by atoms with Crippen LogP contribution in [0.1, 0.15) is 6.42 Å². The number of rotatable bonds is 2. The number of fused-ring (bicyclic) bond motifs is 2. The topological polar surface area (TPSA) is 52.6 Å². The first-order valence-electron chi connectivity index (χ1n) is 4.77. The van der Waals surface area contributed by atoms with Crippen LogP contribution >= 0.6 is 0 Å².